The minimum absolute atomic E-state index is 0.166. The Labute approximate surface area is 192 Å². The van der Waals surface area contributed by atoms with Crippen LogP contribution in [0, 0.1) is 0 Å². The first-order valence-corrected chi connectivity index (χ1v) is 11.9. The van der Waals surface area contributed by atoms with Crippen LogP contribution in [0.15, 0.2) is 46.3 Å². The molecule has 176 valence electrons. The lowest BCUT2D eigenvalue weighted by molar-refractivity contribution is 0.272. The maximum atomic E-state index is 13.3. The Hall–Kier alpha value is -2.69. The van der Waals surface area contributed by atoms with Crippen LogP contribution < -0.4 is 20.8 Å². The molecule has 2 rings (SSSR count). The quantitative estimate of drug-likeness (QED) is 0.215. The molecule has 0 bridgehead atoms. The summed E-state index contributed by atoms with van der Waals surface area (Å²) in [6, 6.07) is 5.62. The zero-order chi connectivity index (χ0) is 23.5. The summed E-state index contributed by atoms with van der Waals surface area (Å²) < 4.78 is 13.9. The van der Waals surface area contributed by atoms with Gasteiger partial charge in [0.15, 0.2) is 5.75 Å². The molecule has 0 aliphatic rings. The normalized spacial score (nSPS) is 11.6. The van der Waals surface area contributed by atoms with Crippen LogP contribution in [0.25, 0.3) is 10.9 Å². The number of anilines is 1. The van der Waals surface area contributed by atoms with Gasteiger partial charge in [-0.25, -0.2) is 0 Å². The second kappa shape index (κ2) is 13.0. The van der Waals surface area contributed by atoms with Gasteiger partial charge in [-0.1, -0.05) is 49.5 Å². The van der Waals surface area contributed by atoms with Crippen LogP contribution in [-0.4, -0.2) is 17.8 Å². The number of aromatic nitrogens is 1. The van der Waals surface area contributed by atoms with Crippen molar-refractivity contribution in [3.8, 4) is 11.5 Å². The van der Waals surface area contributed by atoms with E-state index in [1.54, 1.807) is 4.57 Å². The number of nitrogens with two attached hydrogens (primary N) is 1. The zero-order valence-corrected chi connectivity index (χ0v) is 20.5. The number of aryl methyl sites for hydroxylation is 1. The molecule has 5 heteroatoms. The maximum absolute atomic E-state index is 13.3. The van der Waals surface area contributed by atoms with Gasteiger partial charge in [0.2, 0.25) is 5.75 Å². The van der Waals surface area contributed by atoms with Gasteiger partial charge in [-0.2, -0.15) is 0 Å². The number of unbranched alkanes of at least 4 members (excludes halogenated alkanes) is 3. The number of nitrogens with zero attached hydrogens (tertiary/aromatic N) is 1. The molecule has 0 unspecified atom stereocenters. The summed E-state index contributed by atoms with van der Waals surface area (Å²) in [6.45, 7) is 11.8. The van der Waals surface area contributed by atoms with E-state index in [4.69, 9.17) is 15.2 Å². The SMILES string of the molecule is CCCCCCOc1c(OC/C=C(\C)CCC=C(C)C)c2c(N)cccc2n(CC)c1=O. The molecule has 0 amide bonds. The van der Waals surface area contributed by atoms with Gasteiger partial charge in [-0.15, -0.1) is 0 Å². The van der Waals surface area contributed by atoms with Gasteiger partial charge in [0, 0.05) is 12.2 Å². The Kier molecular flexibility index (Phi) is 10.4. The number of pyridine rings is 1. The molecule has 0 fully saturated rings. The van der Waals surface area contributed by atoms with E-state index in [9.17, 15) is 4.79 Å². The van der Waals surface area contributed by atoms with Gasteiger partial charge < -0.3 is 19.8 Å². The van der Waals surface area contributed by atoms with Crippen molar-refractivity contribution in [2.45, 2.75) is 79.7 Å². The van der Waals surface area contributed by atoms with Gasteiger partial charge in [0.1, 0.15) is 6.61 Å². The number of allylic oxidation sites excluding steroid dienone is 3. The van der Waals surface area contributed by atoms with Gasteiger partial charge in [-0.3, -0.25) is 4.79 Å². The molecule has 2 aromatic rings. The lowest BCUT2D eigenvalue weighted by atomic mass is 10.1. The molecule has 0 aliphatic carbocycles. The number of ether oxygens (including phenoxy) is 2. The van der Waals surface area contributed by atoms with Crippen molar-refractivity contribution in [3.05, 3.63) is 51.9 Å². The number of rotatable bonds is 13. The van der Waals surface area contributed by atoms with Crippen molar-refractivity contribution in [2.75, 3.05) is 18.9 Å². The van der Waals surface area contributed by atoms with Crippen molar-refractivity contribution in [2.24, 2.45) is 0 Å². The topological polar surface area (TPSA) is 66.5 Å². The predicted octanol–water partition coefficient (Wildman–Crippen LogP) is 6.63. The fraction of sp³-hybridized carbons (Fsp3) is 0.519. The van der Waals surface area contributed by atoms with E-state index in [0.717, 1.165) is 49.4 Å². The maximum Gasteiger partial charge on any atom is 0.297 e. The number of hydrogen-bond donors (Lipinski definition) is 1. The molecule has 0 spiro atoms. The van der Waals surface area contributed by atoms with Crippen LogP contribution in [-0.2, 0) is 6.54 Å². The van der Waals surface area contributed by atoms with Crippen molar-refractivity contribution >= 4 is 16.6 Å². The summed E-state index contributed by atoms with van der Waals surface area (Å²) in [7, 11) is 0. The highest BCUT2D eigenvalue weighted by Gasteiger charge is 2.20. The zero-order valence-electron chi connectivity index (χ0n) is 20.5. The third-order valence-corrected chi connectivity index (χ3v) is 5.55. The molecule has 0 atom stereocenters. The summed E-state index contributed by atoms with van der Waals surface area (Å²) in [5.41, 5.74) is 10.1. The van der Waals surface area contributed by atoms with E-state index in [0.29, 0.717) is 31.2 Å². The van der Waals surface area contributed by atoms with Gasteiger partial charge in [0.25, 0.3) is 5.56 Å². The lowest BCUT2D eigenvalue weighted by Gasteiger charge is -2.18. The van der Waals surface area contributed by atoms with E-state index in [-0.39, 0.29) is 11.3 Å². The average Bonchev–Trinajstić information content (AvgIpc) is 2.75. The molecule has 0 radical (unpaired) electrons. The first kappa shape index (κ1) is 25.6. The summed E-state index contributed by atoms with van der Waals surface area (Å²) in [5.74, 6) is 0.723. The first-order valence-electron chi connectivity index (χ1n) is 11.9. The molecular weight excluding hydrogens is 400 g/mol. The molecule has 1 aromatic carbocycles. The smallest absolute Gasteiger partial charge is 0.297 e. The number of benzene rings is 1. The molecule has 1 aromatic heterocycles. The number of fused-ring (bicyclic) bond motifs is 1. The van der Waals surface area contributed by atoms with Crippen LogP contribution in [0.1, 0.15) is 73.1 Å². The van der Waals surface area contributed by atoms with E-state index >= 15 is 0 Å². The lowest BCUT2D eigenvalue weighted by Crippen LogP contribution is -2.23. The number of nitrogen functional groups attached to an aromatic ring is 1. The minimum atomic E-state index is -0.166. The van der Waals surface area contributed by atoms with Crippen LogP contribution in [0.2, 0.25) is 0 Å². The van der Waals surface area contributed by atoms with Crippen molar-refractivity contribution in [3.63, 3.8) is 0 Å². The molecule has 0 aliphatic heterocycles. The van der Waals surface area contributed by atoms with Crippen LogP contribution in [0.4, 0.5) is 5.69 Å². The Morgan fingerprint density at radius 2 is 1.81 bits per heavy atom. The summed E-state index contributed by atoms with van der Waals surface area (Å²) in [6.07, 6.45) is 10.6. The Morgan fingerprint density at radius 1 is 1.03 bits per heavy atom. The third kappa shape index (κ3) is 6.91. The van der Waals surface area contributed by atoms with E-state index in [2.05, 4.69) is 39.8 Å². The fourth-order valence-electron chi connectivity index (χ4n) is 3.71. The molecule has 5 nitrogen and oxygen atoms in total. The second-order valence-corrected chi connectivity index (χ2v) is 8.54. The van der Waals surface area contributed by atoms with Crippen molar-refractivity contribution in [1.29, 1.82) is 0 Å². The Bertz CT molecular complexity index is 998. The van der Waals surface area contributed by atoms with Crippen molar-refractivity contribution in [1.82, 2.24) is 4.57 Å². The molecule has 2 N–H and O–H groups in total. The predicted molar refractivity (Wildman–Crippen MR) is 136 cm³/mol. The van der Waals surface area contributed by atoms with Crippen LogP contribution >= 0.6 is 0 Å². The molecule has 32 heavy (non-hydrogen) atoms. The largest absolute Gasteiger partial charge is 0.485 e. The standard InChI is InChI=1S/C27H40N2O3/c1-6-8-9-10-18-31-26-25(32-19-17-21(5)14-11-13-20(3)4)24-22(28)15-12-16-23(24)29(7-2)27(26)30/h12-13,15-17H,6-11,14,18-19,28H2,1-5H3/b21-17+. The average molecular weight is 441 g/mol. The highest BCUT2D eigenvalue weighted by molar-refractivity contribution is 5.97. The fourth-order valence-corrected chi connectivity index (χ4v) is 3.71. The van der Waals surface area contributed by atoms with Crippen LogP contribution in [0.3, 0.4) is 0 Å². The molecule has 1 heterocycles. The van der Waals surface area contributed by atoms with Crippen LogP contribution in [0.5, 0.6) is 11.5 Å². The third-order valence-electron chi connectivity index (χ3n) is 5.55. The Balaban J connectivity index is 2.36. The first-order chi connectivity index (χ1) is 15.4. The van der Waals surface area contributed by atoms with Gasteiger partial charge in [0.05, 0.1) is 17.5 Å². The monoisotopic (exact) mass is 440 g/mol. The highest BCUT2D eigenvalue weighted by Crippen LogP contribution is 2.36. The highest BCUT2D eigenvalue weighted by atomic mass is 16.5. The summed E-state index contributed by atoms with van der Waals surface area (Å²) >= 11 is 0. The molecule has 0 saturated heterocycles. The molecule has 0 saturated carbocycles. The number of hydrogen-bond acceptors (Lipinski definition) is 4. The molecular formula is C27H40N2O3. The van der Waals surface area contributed by atoms with Crippen molar-refractivity contribution < 1.29 is 9.47 Å². The second-order valence-electron chi connectivity index (χ2n) is 8.54. The van der Waals surface area contributed by atoms with Gasteiger partial charge >= 0.3 is 0 Å². The van der Waals surface area contributed by atoms with E-state index in [1.807, 2.05) is 25.1 Å². The van der Waals surface area contributed by atoms with E-state index in [1.165, 1.54) is 11.1 Å². The van der Waals surface area contributed by atoms with Gasteiger partial charge in [-0.05, 0) is 65.2 Å². The van der Waals surface area contributed by atoms with E-state index < -0.39 is 0 Å². The summed E-state index contributed by atoms with van der Waals surface area (Å²) in [5, 5.41) is 0.744. The summed E-state index contributed by atoms with van der Waals surface area (Å²) in [4.78, 5) is 13.3. The Morgan fingerprint density at radius 3 is 2.50 bits per heavy atom. The minimum Gasteiger partial charge on any atom is -0.485 e.